The molecule has 0 saturated carbocycles. The number of hydrogen-bond donors (Lipinski definition) is 1. The van der Waals surface area contributed by atoms with Crippen molar-refractivity contribution in [2.75, 3.05) is 52.5 Å². The van der Waals surface area contributed by atoms with Gasteiger partial charge < -0.3 is 14.7 Å². The molecule has 0 aromatic carbocycles. The second kappa shape index (κ2) is 6.63. The van der Waals surface area contributed by atoms with Crippen LogP contribution in [0.4, 0.5) is 4.39 Å². The van der Waals surface area contributed by atoms with E-state index in [0.29, 0.717) is 45.7 Å². The lowest BCUT2D eigenvalue weighted by molar-refractivity contribution is -0.135. The summed E-state index contributed by atoms with van der Waals surface area (Å²) in [6.45, 7) is 3.71. The van der Waals surface area contributed by atoms with Crippen molar-refractivity contribution in [3.8, 4) is 0 Å². The van der Waals surface area contributed by atoms with E-state index in [1.54, 1.807) is 0 Å². The van der Waals surface area contributed by atoms with Crippen LogP contribution in [0.2, 0.25) is 0 Å². The molecule has 1 N–H and O–H groups in total. The molecule has 0 radical (unpaired) electrons. The number of morpholine rings is 1. The second-order valence-electron chi connectivity index (χ2n) is 5.43. The Hall–Kier alpha value is -0.720. The predicted octanol–water partition coefficient (Wildman–Crippen LogP) is 0.0317. The Balaban J connectivity index is 1.73. The first kappa shape index (κ1) is 14.7. The van der Waals surface area contributed by atoms with Crippen molar-refractivity contribution in [3.05, 3.63) is 0 Å². The number of carbonyl (C=O) groups excluding carboxylic acids is 1. The number of nitrogens with zero attached hydrogens (tertiary/aromatic N) is 2. The van der Waals surface area contributed by atoms with Gasteiger partial charge in [0.25, 0.3) is 0 Å². The zero-order valence-corrected chi connectivity index (χ0v) is 11.3. The van der Waals surface area contributed by atoms with Crippen molar-refractivity contribution in [2.45, 2.75) is 24.9 Å². The van der Waals surface area contributed by atoms with Gasteiger partial charge >= 0.3 is 0 Å². The number of ether oxygens (including phenoxy) is 1. The van der Waals surface area contributed by atoms with Crippen LogP contribution in [-0.2, 0) is 9.53 Å². The number of aliphatic hydroxyl groups is 1. The van der Waals surface area contributed by atoms with Crippen LogP contribution in [0, 0.1) is 0 Å². The molecule has 0 aromatic rings. The molecule has 6 heteroatoms. The molecular weight excluding hydrogens is 251 g/mol. The van der Waals surface area contributed by atoms with Crippen molar-refractivity contribution in [1.82, 2.24) is 9.80 Å². The maximum absolute atomic E-state index is 14.0. The Labute approximate surface area is 113 Å². The molecule has 0 bridgehead atoms. The van der Waals surface area contributed by atoms with Crippen LogP contribution >= 0.6 is 0 Å². The number of alkyl halides is 1. The first-order chi connectivity index (χ1) is 9.13. The fraction of sp³-hybridized carbons (Fsp3) is 0.923. The fourth-order valence-electron chi connectivity index (χ4n) is 2.72. The van der Waals surface area contributed by atoms with Crippen LogP contribution in [0.15, 0.2) is 0 Å². The second-order valence-corrected chi connectivity index (χ2v) is 5.43. The molecule has 2 fully saturated rings. The molecule has 5 nitrogen and oxygen atoms in total. The smallest absolute Gasteiger partial charge is 0.224 e. The number of likely N-dealkylation sites (tertiary alicyclic amines) is 1. The van der Waals surface area contributed by atoms with E-state index in [1.165, 1.54) is 0 Å². The molecule has 1 unspecified atom stereocenters. The minimum atomic E-state index is -1.49. The Bertz CT molecular complexity index is 310. The number of aliphatic hydroxyl groups excluding tert-OH is 1. The number of piperidine rings is 1. The van der Waals surface area contributed by atoms with E-state index in [4.69, 9.17) is 9.84 Å². The van der Waals surface area contributed by atoms with E-state index in [-0.39, 0.29) is 12.5 Å². The van der Waals surface area contributed by atoms with Crippen LogP contribution in [-0.4, -0.2) is 79.0 Å². The van der Waals surface area contributed by atoms with Gasteiger partial charge in [-0.2, -0.15) is 0 Å². The van der Waals surface area contributed by atoms with Gasteiger partial charge in [-0.05, 0) is 19.4 Å². The van der Waals surface area contributed by atoms with E-state index >= 15 is 0 Å². The van der Waals surface area contributed by atoms with Gasteiger partial charge in [0.05, 0.1) is 19.8 Å². The van der Waals surface area contributed by atoms with E-state index in [1.807, 2.05) is 9.80 Å². The summed E-state index contributed by atoms with van der Waals surface area (Å²) in [5.41, 5.74) is -1.49. The third kappa shape index (κ3) is 4.12. The predicted molar refractivity (Wildman–Crippen MR) is 68.6 cm³/mol. The number of hydrogen-bond acceptors (Lipinski definition) is 4. The Morgan fingerprint density at radius 3 is 2.74 bits per heavy atom. The molecule has 0 aromatic heterocycles. The molecule has 0 aliphatic carbocycles. The van der Waals surface area contributed by atoms with Crippen molar-refractivity contribution in [3.63, 3.8) is 0 Å². The Kier molecular flexibility index (Phi) is 5.13. The third-order valence-electron chi connectivity index (χ3n) is 3.90. The van der Waals surface area contributed by atoms with Gasteiger partial charge in [-0.15, -0.1) is 0 Å². The van der Waals surface area contributed by atoms with Gasteiger partial charge in [0.2, 0.25) is 5.91 Å². The fourth-order valence-corrected chi connectivity index (χ4v) is 2.72. The number of amides is 1. The maximum atomic E-state index is 14.0. The SMILES string of the molecule is O=C(CCN1CCCC(F)(CO)C1)N1CCOCC1. The number of rotatable bonds is 4. The zero-order chi connectivity index (χ0) is 13.7. The lowest BCUT2D eigenvalue weighted by Crippen LogP contribution is -2.49. The maximum Gasteiger partial charge on any atom is 0.224 e. The van der Waals surface area contributed by atoms with Gasteiger partial charge in [-0.3, -0.25) is 9.69 Å². The molecule has 110 valence electrons. The molecule has 2 aliphatic heterocycles. The molecule has 2 rings (SSSR count). The molecule has 1 amide bonds. The van der Waals surface area contributed by atoms with Crippen LogP contribution in [0.5, 0.6) is 0 Å². The highest BCUT2D eigenvalue weighted by Gasteiger charge is 2.34. The summed E-state index contributed by atoms with van der Waals surface area (Å²) in [7, 11) is 0. The summed E-state index contributed by atoms with van der Waals surface area (Å²) in [5, 5.41) is 9.06. The summed E-state index contributed by atoms with van der Waals surface area (Å²) in [6, 6.07) is 0. The summed E-state index contributed by atoms with van der Waals surface area (Å²) in [4.78, 5) is 15.7. The lowest BCUT2D eigenvalue weighted by Gasteiger charge is -2.36. The monoisotopic (exact) mass is 274 g/mol. The summed E-state index contributed by atoms with van der Waals surface area (Å²) >= 11 is 0. The summed E-state index contributed by atoms with van der Waals surface area (Å²) in [6.07, 6.45) is 1.57. The molecule has 0 spiro atoms. The standard InChI is InChI=1S/C13H23FN2O3/c14-13(11-17)3-1-4-15(10-13)5-2-12(18)16-6-8-19-9-7-16/h17H,1-11H2. The molecule has 19 heavy (non-hydrogen) atoms. The van der Waals surface area contributed by atoms with Crippen LogP contribution in [0.1, 0.15) is 19.3 Å². The average Bonchev–Trinajstić information content (AvgIpc) is 2.46. The van der Waals surface area contributed by atoms with Gasteiger partial charge in [0.15, 0.2) is 0 Å². The molecule has 2 heterocycles. The highest BCUT2D eigenvalue weighted by Crippen LogP contribution is 2.24. The topological polar surface area (TPSA) is 53.0 Å². The molecule has 2 saturated heterocycles. The minimum absolute atomic E-state index is 0.113. The molecular formula is C13H23FN2O3. The number of halogens is 1. The van der Waals surface area contributed by atoms with Crippen molar-refractivity contribution in [2.24, 2.45) is 0 Å². The number of carbonyl (C=O) groups is 1. The van der Waals surface area contributed by atoms with Crippen molar-refractivity contribution in [1.29, 1.82) is 0 Å². The summed E-state index contributed by atoms with van der Waals surface area (Å²) in [5.74, 6) is 0.113. The Morgan fingerprint density at radius 2 is 2.05 bits per heavy atom. The van der Waals surface area contributed by atoms with E-state index in [9.17, 15) is 9.18 Å². The van der Waals surface area contributed by atoms with Gasteiger partial charge in [-0.1, -0.05) is 0 Å². The normalized spacial score (nSPS) is 29.5. The van der Waals surface area contributed by atoms with Gasteiger partial charge in [0.1, 0.15) is 5.67 Å². The van der Waals surface area contributed by atoms with E-state index in [2.05, 4.69) is 0 Å². The van der Waals surface area contributed by atoms with Crippen LogP contribution in [0.3, 0.4) is 0 Å². The van der Waals surface area contributed by atoms with Gasteiger partial charge in [0, 0.05) is 32.6 Å². The van der Waals surface area contributed by atoms with Crippen LogP contribution < -0.4 is 0 Å². The first-order valence-electron chi connectivity index (χ1n) is 7.01. The average molecular weight is 274 g/mol. The van der Waals surface area contributed by atoms with Crippen molar-refractivity contribution < 1.29 is 19.0 Å². The molecule has 1 atom stereocenters. The van der Waals surface area contributed by atoms with Gasteiger partial charge in [-0.25, -0.2) is 4.39 Å². The van der Waals surface area contributed by atoms with E-state index in [0.717, 1.165) is 13.0 Å². The van der Waals surface area contributed by atoms with E-state index < -0.39 is 12.3 Å². The largest absolute Gasteiger partial charge is 0.393 e. The summed E-state index contributed by atoms with van der Waals surface area (Å²) < 4.78 is 19.2. The van der Waals surface area contributed by atoms with Crippen molar-refractivity contribution >= 4 is 5.91 Å². The minimum Gasteiger partial charge on any atom is -0.393 e. The quantitative estimate of drug-likeness (QED) is 0.786. The highest BCUT2D eigenvalue weighted by atomic mass is 19.1. The highest BCUT2D eigenvalue weighted by molar-refractivity contribution is 5.76. The Morgan fingerprint density at radius 1 is 1.32 bits per heavy atom. The first-order valence-corrected chi connectivity index (χ1v) is 7.01. The molecule has 2 aliphatic rings. The third-order valence-corrected chi connectivity index (χ3v) is 3.90. The van der Waals surface area contributed by atoms with Crippen LogP contribution in [0.25, 0.3) is 0 Å². The zero-order valence-electron chi connectivity index (χ0n) is 11.3. The lowest BCUT2D eigenvalue weighted by atomic mass is 9.95.